The molecule has 0 spiro atoms. The third-order valence-corrected chi connectivity index (χ3v) is 8.04. The molecular weight excluding hydrogens is 566 g/mol. The van der Waals surface area contributed by atoms with Crippen molar-refractivity contribution in [2.45, 2.75) is 31.3 Å². The van der Waals surface area contributed by atoms with Gasteiger partial charge in [-0.2, -0.15) is 0 Å². The summed E-state index contributed by atoms with van der Waals surface area (Å²) in [5, 5.41) is 3.06. The molecule has 1 unspecified atom stereocenters. The van der Waals surface area contributed by atoms with Crippen molar-refractivity contribution in [3.63, 3.8) is 0 Å². The highest BCUT2D eigenvalue weighted by atomic mass is 79.9. The predicted octanol–water partition coefficient (Wildman–Crippen LogP) is 4.85. The summed E-state index contributed by atoms with van der Waals surface area (Å²) in [7, 11) is -4.11. The van der Waals surface area contributed by atoms with Gasteiger partial charge in [-0.1, -0.05) is 63.9 Å². The molecule has 1 N–H and O–H groups in total. The van der Waals surface area contributed by atoms with Gasteiger partial charge < -0.3 is 10.2 Å². The van der Waals surface area contributed by atoms with Crippen molar-refractivity contribution in [3.05, 3.63) is 93.9 Å². The van der Waals surface area contributed by atoms with Gasteiger partial charge in [-0.05, 0) is 61.9 Å². The molecule has 0 aliphatic heterocycles. The van der Waals surface area contributed by atoms with Gasteiger partial charge in [0.25, 0.3) is 10.0 Å². The van der Waals surface area contributed by atoms with Gasteiger partial charge in [0.2, 0.25) is 11.8 Å². The molecule has 2 amide bonds. The zero-order valence-electron chi connectivity index (χ0n) is 19.9. The van der Waals surface area contributed by atoms with Gasteiger partial charge in [0.1, 0.15) is 12.6 Å². The summed E-state index contributed by atoms with van der Waals surface area (Å²) >= 11 is 9.55. The smallest absolute Gasteiger partial charge is 0.264 e. The van der Waals surface area contributed by atoms with Crippen molar-refractivity contribution < 1.29 is 18.0 Å². The molecule has 36 heavy (non-hydrogen) atoms. The van der Waals surface area contributed by atoms with Crippen LogP contribution in [0, 0.1) is 0 Å². The number of carbonyl (C=O) groups excluding carboxylic acids is 2. The first-order chi connectivity index (χ1) is 17.1. The maximum atomic E-state index is 13.7. The van der Waals surface area contributed by atoms with Gasteiger partial charge in [0.05, 0.1) is 10.6 Å². The van der Waals surface area contributed by atoms with E-state index in [4.69, 9.17) is 11.6 Å². The number of halogens is 2. The summed E-state index contributed by atoms with van der Waals surface area (Å²) in [4.78, 5) is 27.8. The van der Waals surface area contributed by atoms with Gasteiger partial charge in [0, 0.05) is 22.6 Å². The lowest BCUT2D eigenvalue weighted by Gasteiger charge is -2.32. The van der Waals surface area contributed by atoms with E-state index in [2.05, 4.69) is 21.2 Å². The van der Waals surface area contributed by atoms with Gasteiger partial charge in [-0.3, -0.25) is 13.9 Å². The minimum absolute atomic E-state index is 0.0361. The highest BCUT2D eigenvalue weighted by molar-refractivity contribution is 9.10. The minimum Gasteiger partial charge on any atom is -0.355 e. The molecule has 3 aromatic carbocycles. The fourth-order valence-corrected chi connectivity index (χ4v) is 5.45. The summed E-state index contributed by atoms with van der Waals surface area (Å²) in [6.45, 7) is 3.42. The topological polar surface area (TPSA) is 86.8 Å². The Morgan fingerprint density at radius 1 is 1.00 bits per heavy atom. The molecule has 10 heteroatoms. The van der Waals surface area contributed by atoms with E-state index in [9.17, 15) is 18.0 Å². The Hall–Kier alpha value is -2.88. The van der Waals surface area contributed by atoms with E-state index in [-0.39, 0.29) is 23.0 Å². The van der Waals surface area contributed by atoms with Gasteiger partial charge >= 0.3 is 0 Å². The zero-order chi connectivity index (χ0) is 26.3. The van der Waals surface area contributed by atoms with Crippen LogP contribution in [0.2, 0.25) is 5.02 Å². The number of nitrogens with zero attached hydrogens (tertiary/aromatic N) is 2. The van der Waals surface area contributed by atoms with Gasteiger partial charge in [0.15, 0.2) is 0 Å². The van der Waals surface area contributed by atoms with Crippen LogP contribution < -0.4 is 9.62 Å². The lowest BCUT2D eigenvalue weighted by atomic mass is 10.1. The Bertz CT molecular complexity index is 1300. The molecule has 0 saturated heterocycles. The molecule has 0 radical (unpaired) electrons. The largest absolute Gasteiger partial charge is 0.355 e. The first-order valence-corrected chi connectivity index (χ1v) is 13.9. The standard InChI is InChI=1S/C26H27BrClN3O4S/c1-3-29-26(33)19(2)30(17-20-12-14-21(27)15-13-20)25(32)18-31(23-9-7-8-22(28)16-23)36(34,35)24-10-5-4-6-11-24/h4-16,19H,3,17-18H2,1-2H3,(H,29,33). The van der Waals surface area contributed by atoms with E-state index < -0.39 is 28.5 Å². The van der Waals surface area contributed by atoms with E-state index in [0.29, 0.717) is 11.6 Å². The van der Waals surface area contributed by atoms with Crippen LogP contribution in [-0.4, -0.2) is 44.3 Å². The van der Waals surface area contributed by atoms with E-state index in [1.54, 1.807) is 50.2 Å². The molecule has 1 atom stereocenters. The lowest BCUT2D eigenvalue weighted by Crippen LogP contribution is -2.51. The average molecular weight is 593 g/mol. The Kier molecular flexibility index (Phi) is 9.53. The van der Waals surface area contributed by atoms with Gasteiger partial charge in [-0.15, -0.1) is 0 Å². The number of hydrogen-bond donors (Lipinski definition) is 1. The van der Waals surface area contributed by atoms with Crippen LogP contribution in [0.3, 0.4) is 0 Å². The van der Waals surface area contributed by atoms with Crippen molar-refractivity contribution >= 4 is 55.1 Å². The Balaban J connectivity index is 2.01. The molecule has 0 heterocycles. The molecule has 190 valence electrons. The zero-order valence-corrected chi connectivity index (χ0v) is 23.1. The number of likely N-dealkylation sites (N-methyl/N-ethyl adjacent to an activating group) is 1. The maximum Gasteiger partial charge on any atom is 0.264 e. The number of amides is 2. The second-order valence-electron chi connectivity index (χ2n) is 8.02. The van der Waals surface area contributed by atoms with Gasteiger partial charge in [-0.25, -0.2) is 8.42 Å². The Morgan fingerprint density at radius 2 is 1.67 bits per heavy atom. The SMILES string of the molecule is CCNC(=O)C(C)N(Cc1ccc(Br)cc1)C(=O)CN(c1cccc(Cl)c1)S(=O)(=O)c1ccccc1. The summed E-state index contributed by atoms with van der Waals surface area (Å²) in [6.07, 6.45) is 0. The maximum absolute atomic E-state index is 13.7. The number of sulfonamides is 1. The highest BCUT2D eigenvalue weighted by Crippen LogP contribution is 2.27. The normalized spacial score (nSPS) is 12.0. The molecule has 0 saturated carbocycles. The third-order valence-electron chi connectivity index (χ3n) is 5.49. The minimum atomic E-state index is -4.11. The molecule has 0 aliphatic carbocycles. The molecule has 0 aromatic heterocycles. The summed E-state index contributed by atoms with van der Waals surface area (Å²) in [6, 6.07) is 20.7. The predicted molar refractivity (Wildman–Crippen MR) is 145 cm³/mol. The van der Waals surface area contributed by atoms with E-state index in [1.165, 1.54) is 23.1 Å². The quantitative estimate of drug-likeness (QED) is 0.365. The number of nitrogens with one attached hydrogen (secondary N) is 1. The van der Waals surface area contributed by atoms with Crippen LogP contribution in [0.5, 0.6) is 0 Å². The number of anilines is 1. The number of hydrogen-bond acceptors (Lipinski definition) is 4. The van der Waals surface area contributed by atoms with Crippen LogP contribution in [0.25, 0.3) is 0 Å². The fraction of sp³-hybridized carbons (Fsp3) is 0.231. The Morgan fingerprint density at radius 3 is 2.28 bits per heavy atom. The first kappa shape index (κ1) is 27.7. The van der Waals surface area contributed by atoms with Crippen molar-refractivity contribution in [3.8, 4) is 0 Å². The molecule has 7 nitrogen and oxygen atoms in total. The monoisotopic (exact) mass is 591 g/mol. The molecule has 3 aromatic rings. The summed E-state index contributed by atoms with van der Waals surface area (Å²) < 4.78 is 29.2. The molecule has 0 fully saturated rings. The second-order valence-corrected chi connectivity index (χ2v) is 11.2. The molecule has 0 aliphatic rings. The molecule has 0 bridgehead atoms. The van der Waals surface area contributed by atoms with Crippen molar-refractivity contribution in [2.75, 3.05) is 17.4 Å². The van der Waals surface area contributed by atoms with E-state index in [1.807, 2.05) is 24.3 Å². The summed E-state index contributed by atoms with van der Waals surface area (Å²) in [5.74, 6) is -0.862. The van der Waals surface area contributed by atoms with E-state index >= 15 is 0 Å². The second kappa shape index (κ2) is 12.4. The fourth-order valence-electron chi connectivity index (χ4n) is 3.57. The molecular formula is C26H27BrClN3O4S. The van der Waals surface area contributed by atoms with Crippen molar-refractivity contribution in [1.29, 1.82) is 0 Å². The number of rotatable bonds is 10. The van der Waals surface area contributed by atoms with Crippen molar-refractivity contribution in [2.24, 2.45) is 0 Å². The first-order valence-electron chi connectivity index (χ1n) is 11.3. The van der Waals surface area contributed by atoms with Crippen LogP contribution in [0.15, 0.2) is 88.2 Å². The number of benzene rings is 3. The van der Waals surface area contributed by atoms with Crippen molar-refractivity contribution in [1.82, 2.24) is 10.2 Å². The summed E-state index contributed by atoms with van der Waals surface area (Å²) in [5.41, 5.74) is 1.04. The average Bonchev–Trinajstić information content (AvgIpc) is 2.87. The van der Waals surface area contributed by atoms with Crippen LogP contribution >= 0.6 is 27.5 Å². The van der Waals surface area contributed by atoms with E-state index in [0.717, 1.165) is 14.3 Å². The Labute approximate surface area is 225 Å². The lowest BCUT2D eigenvalue weighted by molar-refractivity contribution is -0.139. The highest BCUT2D eigenvalue weighted by Gasteiger charge is 2.32. The number of carbonyl (C=O) groups is 2. The van der Waals surface area contributed by atoms with Crippen LogP contribution in [-0.2, 0) is 26.2 Å². The third kappa shape index (κ3) is 6.87. The van der Waals surface area contributed by atoms with Crippen LogP contribution in [0.1, 0.15) is 19.4 Å². The molecule has 3 rings (SSSR count). The van der Waals surface area contributed by atoms with Crippen LogP contribution in [0.4, 0.5) is 5.69 Å².